The average molecular weight is 265 g/mol. The van der Waals surface area contributed by atoms with Crippen molar-refractivity contribution in [2.75, 3.05) is 24.6 Å². The number of anilines is 2. The molecule has 0 aliphatic heterocycles. The number of rotatable bonds is 5. The largest absolute Gasteiger partial charge is 0.397 e. The molecule has 0 aromatic heterocycles. The van der Waals surface area contributed by atoms with Gasteiger partial charge in [-0.2, -0.15) is 0 Å². The SMILES string of the molecule is CC(C(=O)Nc1ccccc1N)N(C)CC(C)(C)O. The summed E-state index contributed by atoms with van der Waals surface area (Å²) in [4.78, 5) is 13.9. The molecule has 1 aromatic rings. The fourth-order valence-electron chi connectivity index (χ4n) is 1.80. The minimum absolute atomic E-state index is 0.148. The number of nitrogen functional groups attached to an aromatic ring is 1. The van der Waals surface area contributed by atoms with E-state index in [1.54, 1.807) is 44.9 Å². The van der Waals surface area contributed by atoms with Gasteiger partial charge in [0.05, 0.1) is 23.0 Å². The van der Waals surface area contributed by atoms with E-state index < -0.39 is 5.60 Å². The number of aliphatic hydroxyl groups is 1. The van der Waals surface area contributed by atoms with Crippen LogP contribution in [0.4, 0.5) is 11.4 Å². The Morgan fingerprint density at radius 1 is 1.47 bits per heavy atom. The highest BCUT2D eigenvalue weighted by molar-refractivity contribution is 5.96. The third-order valence-electron chi connectivity index (χ3n) is 2.90. The zero-order chi connectivity index (χ0) is 14.6. The molecule has 1 atom stereocenters. The van der Waals surface area contributed by atoms with Gasteiger partial charge in [-0.1, -0.05) is 12.1 Å². The normalized spacial score (nSPS) is 13.4. The minimum atomic E-state index is -0.838. The molecule has 0 heterocycles. The van der Waals surface area contributed by atoms with E-state index in [9.17, 15) is 9.90 Å². The summed E-state index contributed by atoms with van der Waals surface area (Å²) < 4.78 is 0. The summed E-state index contributed by atoms with van der Waals surface area (Å²) >= 11 is 0. The lowest BCUT2D eigenvalue weighted by molar-refractivity contribution is -0.121. The van der Waals surface area contributed by atoms with Gasteiger partial charge in [0.1, 0.15) is 0 Å². The Balaban J connectivity index is 2.65. The lowest BCUT2D eigenvalue weighted by Gasteiger charge is -2.29. The molecule has 1 unspecified atom stereocenters. The van der Waals surface area contributed by atoms with E-state index in [0.717, 1.165) is 0 Å². The van der Waals surface area contributed by atoms with Crippen LogP contribution >= 0.6 is 0 Å². The second-order valence-corrected chi connectivity index (χ2v) is 5.48. The van der Waals surface area contributed by atoms with Crippen LogP contribution in [0.15, 0.2) is 24.3 Å². The van der Waals surface area contributed by atoms with Crippen molar-refractivity contribution in [1.82, 2.24) is 4.90 Å². The van der Waals surface area contributed by atoms with Gasteiger partial charge in [-0.05, 0) is 40.0 Å². The summed E-state index contributed by atoms with van der Waals surface area (Å²) in [7, 11) is 1.80. The predicted molar refractivity (Wildman–Crippen MR) is 77.9 cm³/mol. The molecular formula is C14H23N3O2. The highest BCUT2D eigenvalue weighted by Crippen LogP contribution is 2.17. The fraction of sp³-hybridized carbons (Fsp3) is 0.500. The summed E-state index contributed by atoms with van der Waals surface area (Å²) in [6.07, 6.45) is 0. The van der Waals surface area contributed by atoms with E-state index in [1.807, 2.05) is 12.1 Å². The fourth-order valence-corrected chi connectivity index (χ4v) is 1.80. The Labute approximate surface area is 114 Å². The van der Waals surface area contributed by atoms with E-state index in [0.29, 0.717) is 17.9 Å². The number of hydrogen-bond acceptors (Lipinski definition) is 4. The zero-order valence-electron chi connectivity index (χ0n) is 12.0. The minimum Gasteiger partial charge on any atom is -0.397 e. The quantitative estimate of drug-likeness (QED) is 0.701. The van der Waals surface area contributed by atoms with Crippen LogP contribution in [0.3, 0.4) is 0 Å². The number of carbonyl (C=O) groups excluding carboxylic acids is 1. The first-order valence-electron chi connectivity index (χ1n) is 6.28. The van der Waals surface area contributed by atoms with Gasteiger partial charge in [-0.25, -0.2) is 0 Å². The first kappa shape index (κ1) is 15.5. The standard InChI is InChI=1S/C14H23N3O2/c1-10(17(4)9-14(2,3)19)13(18)16-12-8-6-5-7-11(12)15/h5-8,10,19H,9,15H2,1-4H3,(H,16,18). The van der Waals surface area contributed by atoms with E-state index in [-0.39, 0.29) is 11.9 Å². The molecule has 0 saturated heterocycles. The van der Waals surface area contributed by atoms with E-state index in [4.69, 9.17) is 5.73 Å². The summed E-state index contributed by atoms with van der Waals surface area (Å²) in [5.74, 6) is -0.148. The van der Waals surface area contributed by atoms with Crippen LogP contribution in [0, 0.1) is 0 Å². The first-order chi connectivity index (χ1) is 8.70. The van der Waals surface area contributed by atoms with Crippen molar-refractivity contribution in [3.05, 3.63) is 24.3 Å². The molecule has 0 saturated carbocycles. The lowest BCUT2D eigenvalue weighted by Crippen LogP contribution is -2.46. The van der Waals surface area contributed by atoms with Crippen LogP contribution in [-0.2, 0) is 4.79 Å². The second-order valence-electron chi connectivity index (χ2n) is 5.48. The molecule has 1 amide bonds. The van der Waals surface area contributed by atoms with Crippen molar-refractivity contribution in [1.29, 1.82) is 0 Å². The number of para-hydroxylation sites is 2. The van der Waals surface area contributed by atoms with Crippen molar-refractivity contribution >= 4 is 17.3 Å². The van der Waals surface area contributed by atoms with Crippen LogP contribution in [0.25, 0.3) is 0 Å². The summed E-state index contributed by atoms with van der Waals surface area (Å²) in [5, 5.41) is 12.5. The van der Waals surface area contributed by atoms with Crippen LogP contribution in [-0.4, -0.2) is 41.1 Å². The molecule has 4 N–H and O–H groups in total. The molecule has 0 bridgehead atoms. The van der Waals surface area contributed by atoms with Crippen molar-refractivity contribution in [2.24, 2.45) is 0 Å². The van der Waals surface area contributed by atoms with Gasteiger partial charge in [-0.3, -0.25) is 9.69 Å². The Kier molecular flexibility index (Phi) is 4.91. The Hall–Kier alpha value is -1.59. The second kappa shape index (κ2) is 6.04. The topological polar surface area (TPSA) is 78.6 Å². The number of benzene rings is 1. The van der Waals surface area contributed by atoms with E-state index >= 15 is 0 Å². The summed E-state index contributed by atoms with van der Waals surface area (Å²) in [6.45, 7) is 5.62. The van der Waals surface area contributed by atoms with E-state index in [1.165, 1.54) is 0 Å². The number of likely N-dealkylation sites (N-methyl/N-ethyl adjacent to an activating group) is 1. The first-order valence-corrected chi connectivity index (χ1v) is 6.28. The number of carbonyl (C=O) groups is 1. The Morgan fingerprint density at radius 2 is 2.05 bits per heavy atom. The lowest BCUT2D eigenvalue weighted by atomic mass is 10.1. The molecule has 0 radical (unpaired) electrons. The van der Waals surface area contributed by atoms with Crippen molar-refractivity contribution in [2.45, 2.75) is 32.4 Å². The maximum absolute atomic E-state index is 12.1. The highest BCUT2D eigenvalue weighted by Gasteiger charge is 2.23. The maximum Gasteiger partial charge on any atom is 0.241 e. The third kappa shape index (κ3) is 4.89. The molecule has 0 spiro atoms. The van der Waals surface area contributed by atoms with Crippen LogP contribution < -0.4 is 11.1 Å². The van der Waals surface area contributed by atoms with Crippen LogP contribution in [0.5, 0.6) is 0 Å². The molecule has 5 heteroatoms. The molecule has 5 nitrogen and oxygen atoms in total. The van der Waals surface area contributed by atoms with Crippen LogP contribution in [0.1, 0.15) is 20.8 Å². The van der Waals surface area contributed by atoms with Gasteiger partial charge >= 0.3 is 0 Å². The van der Waals surface area contributed by atoms with Gasteiger partial charge in [0.25, 0.3) is 0 Å². The monoisotopic (exact) mass is 265 g/mol. The highest BCUT2D eigenvalue weighted by atomic mass is 16.3. The van der Waals surface area contributed by atoms with E-state index in [2.05, 4.69) is 5.32 Å². The number of hydrogen-bond donors (Lipinski definition) is 3. The average Bonchev–Trinajstić information content (AvgIpc) is 2.28. The molecule has 0 fully saturated rings. The summed E-state index contributed by atoms with van der Waals surface area (Å²) in [5.41, 5.74) is 6.08. The van der Waals surface area contributed by atoms with Crippen LogP contribution in [0.2, 0.25) is 0 Å². The Morgan fingerprint density at radius 3 is 2.58 bits per heavy atom. The van der Waals surface area contributed by atoms with Gasteiger partial charge in [0.15, 0.2) is 0 Å². The molecular weight excluding hydrogens is 242 g/mol. The van der Waals surface area contributed by atoms with Gasteiger partial charge in [-0.15, -0.1) is 0 Å². The predicted octanol–water partition coefficient (Wildman–Crippen LogP) is 1.30. The number of amides is 1. The maximum atomic E-state index is 12.1. The van der Waals surface area contributed by atoms with Crippen molar-refractivity contribution < 1.29 is 9.90 Å². The van der Waals surface area contributed by atoms with Crippen molar-refractivity contribution in [3.63, 3.8) is 0 Å². The molecule has 1 aromatic carbocycles. The molecule has 0 aliphatic rings. The molecule has 19 heavy (non-hydrogen) atoms. The van der Waals surface area contributed by atoms with Gasteiger partial charge < -0.3 is 16.2 Å². The molecule has 1 rings (SSSR count). The number of nitrogens with one attached hydrogen (secondary N) is 1. The van der Waals surface area contributed by atoms with Gasteiger partial charge in [0, 0.05) is 6.54 Å². The molecule has 0 aliphatic carbocycles. The molecule has 106 valence electrons. The van der Waals surface area contributed by atoms with Gasteiger partial charge in [0.2, 0.25) is 5.91 Å². The summed E-state index contributed by atoms with van der Waals surface area (Å²) in [6, 6.07) is 6.77. The zero-order valence-corrected chi connectivity index (χ0v) is 12.0. The number of nitrogens with zero attached hydrogens (tertiary/aromatic N) is 1. The number of nitrogens with two attached hydrogens (primary N) is 1. The third-order valence-corrected chi connectivity index (χ3v) is 2.90. The Bertz CT molecular complexity index is 441. The smallest absolute Gasteiger partial charge is 0.241 e. The van der Waals surface area contributed by atoms with Crippen molar-refractivity contribution in [3.8, 4) is 0 Å².